The van der Waals surface area contributed by atoms with Crippen molar-refractivity contribution in [2.45, 2.75) is 45.4 Å². The lowest BCUT2D eigenvalue weighted by Crippen LogP contribution is -1.93. The van der Waals surface area contributed by atoms with Crippen LogP contribution in [0.3, 0.4) is 0 Å². The quantitative estimate of drug-likeness (QED) is 0.564. The third-order valence-corrected chi connectivity index (χ3v) is 4.61. The SMILES string of the molecule is CCC/C=C(/Sc1ccccc1)c1c(C)cc(C)cc1C. The third-order valence-electron chi connectivity index (χ3n) is 3.51. The van der Waals surface area contributed by atoms with E-state index >= 15 is 0 Å². The van der Waals surface area contributed by atoms with Gasteiger partial charge >= 0.3 is 0 Å². The summed E-state index contributed by atoms with van der Waals surface area (Å²) in [6.45, 7) is 8.85. The molecule has 0 fully saturated rings. The molecule has 2 aromatic carbocycles. The maximum Gasteiger partial charge on any atom is 0.0160 e. The van der Waals surface area contributed by atoms with E-state index in [-0.39, 0.29) is 0 Å². The molecule has 0 heterocycles. The number of hydrogen-bond donors (Lipinski definition) is 0. The Hall–Kier alpha value is -1.47. The first-order valence-electron chi connectivity index (χ1n) is 7.63. The highest BCUT2D eigenvalue weighted by molar-refractivity contribution is 8.08. The Morgan fingerprint density at radius 2 is 1.62 bits per heavy atom. The van der Waals surface area contributed by atoms with E-state index in [0.29, 0.717) is 0 Å². The molecule has 0 aliphatic carbocycles. The highest BCUT2D eigenvalue weighted by Gasteiger charge is 2.10. The van der Waals surface area contributed by atoms with Crippen molar-refractivity contribution in [1.82, 2.24) is 0 Å². The number of benzene rings is 2. The summed E-state index contributed by atoms with van der Waals surface area (Å²) >= 11 is 1.88. The van der Waals surface area contributed by atoms with Crippen LogP contribution in [0.4, 0.5) is 0 Å². The standard InChI is InChI=1S/C20H24S/c1-5-6-12-19(21-18-10-8-7-9-11-18)20-16(3)13-15(2)14-17(20)4/h7-14H,5-6H2,1-4H3/b19-12+. The Morgan fingerprint density at radius 3 is 2.19 bits per heavy atom. The van der Waals surface area contributed by atoms with Crippen molar-refractivity contribution in [2.24, 2.45) is 0 Å². The van der Waals surface area contributed by atoms with Gasteiger partial charge in [-0.05, 0) is 56.0 Å². The van der Waals surface area contributed by atoms with Crippen molar-refractivity contribution in [3.8, 4) is 0 Å². The topological polar surface area (TPSA) is 0 Å². The van der Waals surface area contributed by atoms with Gasteiger partial charge in [-0.25, -0.2) is 0 Å². The van der Waals surface area contributed by atoms with E-state index in [4.69, 9.17) is 0 Å². The molecule has 0 spiro atoms. The maximum atomic E-state index is 2.39. The maximum absolute atomic E-state index is 2.39. The molecule has 0 atom stereocenters. The Labute approximate surface area is 133 Å². The summed E-state index contributed by atoms with van der Waals surface area (Å²) < 4.78 is 0. The first-order valence-corrected chi connectivity index (χ1v) is 8.44. The summed E-state index contributed by atoms with van der Waals surface area (Å²) in [4.78, 5) is 2.69. The fourth-order valence-electron chi connectivity index (χ4n) is 2.65. The van der Waals surface area contributed by atoms with E-state index in [1.54, 1.807) is 0 Å². The fourth-order valence-corrected chi connectivity index (χ4v) is 3.83. The molecule has 0 aromatic heterocycles. The van der Waals surface area contributed by atoms with Crippen LogP contribution in [0, 0.1) is 20.8 Å². The molecule has 0 N–H and O–H groups in total. The zero-order chi connectivity index (χ0) is 15.2. The van der Waals surface area contributed by atoms with Gasteiger partial charge in [-0.15, -0.1) is 0 Å². The minimum absolute atomic E-state index is 1.13. The Kier molecular flexibility index (Phi) is 5.69. The van der Waals surface area contributed by atoms with Crippen molar-refractivity contribution < 1.29 is 0 Å². The van der Waals surface area contributed by atoms with Gasteiger partial charge in [-0.2, -0.15) is 0 Å². The van der Waals surface area contributed by atoms with E-state index in [1.807, 2.05) is 11.8 Å². The second-order valence-electron chi connectivity index (χ2n) is 5.55. The summed E-state index contributed by atoms with van der Waals surface area (Å²) in [5.74, 6) is 0. The summed E-state index contributed by atoms with van der Waals surface area (Å²) in [5, 5.41) is 0. The summed E-state index contributed by atoms with van der Waals surface area (Å²) in [7, 11) is 0. The molecule has 2 aromatic rings. The molecule has 0 saturated carbocycles. The zero-order valence-electron chi connectivity index (χ0n) is 13.4. The van der Waals surface area contributed by atoms with Gasteiger partial charge in [-0.3, -0.25) is 0 Å². The minimum Gasteiger partial charge on any atom is -0.0898 e. The summed E-state index contributed by atoms with van der Waals surface area (Å²) in [6, 6.07) is 15.2. The Bertz CT molecular complexity index is 601. The lowest BCUT2D eigenvalue weighted by Gasteiger charge is -2.15. The van der Waals surface area contributed by atoms with E-state index in [2.05, 4.69) is 76.2 Å². The van der Waals surface area contributed by atoms with Crippen LogP contribution >= 0.6 is 11.8 Å². The van der Waals surface area contributed by atoms with Gasteiger partial charge in [0.05, 0.1) is 0 Å². The van der Waals surface area contributed by atoms with Crippen LogP contribution in [0.2, 0.25) is 0 Å². The average Bonchev–Trinajstić information content (AvgIpc) is 2.44. The third kappa shape index (κ3) is 4.25. The lowest BCUT2D eigenvalue weighted by molar-refractivity contribution is 0.961. The highest BCUT2D eigenvalue weighted by atomic mass is 32.2. The number of hydrogen-bond acceptors (Lipinski definition) is 1. The van der Waals surface area contributed by atoms with Crippen molar-refractivity contribution in [3.05, 3.63) is 70.8 Å². The van der Waals surface area contributed by atoms with Crippen LogP contribution in [0.5, 0.6) is 0 Å². The molecule has 0 aliphatic rings. The monoisotopic (exact) mass is 296 g/mol. The molecule has 2 rings (SSSR count). The van der Waals surface area contributed by atoms with Crippen molar-refractivity contribution in [2.75, 3.05) is 0 Å². The van der Waals surface area contributed by atoms with E-state index in [1.165, 1.54) is 38.5 Å². The van der Waals surface area contributed by atoms with E-state index < -0.39 is 0 Å². The van der Waals surface area contributed by atoms with Gasteiger partial charge in [0, 0.05) is 9.80 Å². The van der Waals surface area contributed by atoms with Gasteiger partial charge in [0.15, 0.2) is 0 Å². The van der Waals surface area contributed by atoms with Crippen LogP contribution < -0.4 is 0 Å². The van der Waals surface area contributed by atoms with Crippen LogP contribution in [-0.4, -0.2) is 0 Å². The Balaban J connectivity index is 2.42. The summed E-state index contributed by atoms with van der Waals surface area (Å²) in [6.07, 6.45) is 4.70. The molecule has 110 valence electrons. The minimum atomic E-state index is 1.13. The predicted molar refractivity (Wildman–Crippen MR) is 95.8 cm³/mol. The average molecular weight is 296 g/mol. The normalized spacial score (nSPS) is 11.7. The zero-order valence-corrected chi connectivity index (χ0v) is 14.3. The van der Waals surface area contributed by atoms with Gasteiger partial charge in [0.1, 0.15) is 0 Å². The lowest BCUT2D eigenvalue weighted by atomic mass is 9.99. The second kappa shape index (κ2) is 7.51. The molecule has 0 nitrogen and oxygen atoms in total. The molecule has 0 saturated heterocycles. The molecule has 0 aliphatic heterocycles. The van der Waals surface area contributed by atoms with Crippen molar-refractivity contribution in [1.29, 1.82) is 0 Å². The number of rotatable bonds is 5. The highest BCUT2D eigenvalue weighted by Crippen LogP contribution is 2.38. The van der Waals surface area contributed by atoms with Gasteiger partial charge in [0.25, 0.3) is 0 Å². The van der Waals surface area contributed by atoms with Gasteiger partial charge in [-0.1, -0.05) is 67.1 Å². The number of thioether (sulfide) groups is 1. The van der Waals surface area contributed by atoms with Gasteiger partial charge < -0.3 is 0 Å². The largest absolute Gasteiger partial charge is 0.0898 e. The second-order valence-corrected chi connectivity index (χ2v) is 6.66. The van der Waals surface area contributed by atoms with Crippen molar-refractivity contribution >= 4 is 16.7 Å². The van der Waals surface area contributed by atoms with Crippen LogP contribution in [0.1, 0.15) is 42.0 Å². The van der Waals surface area contributed by atoms with Crippen LogP contribution in [0.25, 0.3) is 4.91 Å². The predicted octanol–water partition coefficient (Wildman–Crippen LogP) is 6.55. The van der Waals surface area contributed by atoms with Crippen LogP contribution in [-0.2, 0) is 0 Å². The molecular formula is C20H24S. The van der Waals surface area contributed by atoms with Gasteiger partial charge in [0.2, 0.25) is 0 Å². The molecule has 0 amide bonds. The molecule has 21 heavy (non-hydrogen) atoms. The number of aryl methyl sites for hydroxylation is 3. The van der Waals surface area contributed by atoms with E-state index in [0.717, 1.165) is 6.42 Å². The number of allylic oxidation sites excluding steroid dienone is 1. The first kappa shape index (κ1) is 15.9. The molecule has 1 heteroatoms. The molecule has 0 unspecified atom stereocenters. The fraction of sp³-hybridized carbons (Fsp3) is 0.300. The molecule has 0 bridgehead atoms. The number of unbranched alkanes of at least 4 members (excludes halogenated alkanes) is 1. The smallest absolute Gasteiger partial charge is 0.0160 e. The van der Waals surface area contributed by atoms with Crippen LogP contribution in [0.15, 0.2) is 53.4 Å². The van der Waals surface area contributed by atoms with E-state index in [9.17, 15) is 0 Å². The summed E-state index contributed by atoms with van der Waals surface area (Å²) in [5.41, 5.74) is 5.49. The molecule has 0 radical (unpaired) electrons. The van der Waals surface area contributed by atoms with Crippen molar-refractivity contribution in [3.63, 3.8) is 0 Å². The first-order chi connectivity index (χ1) is 10.1. The Morgan fingerprint density at radius 1 is 1.00 bits per heavy atom. The molecular weight excluding hydrogens is 272 g/mol.